The molecule has 0 amide bonds. The SMILES string of the molecule is O=[N+]([O-])c1ccc(S(=O)(=O)N2CCN(S(=O)(=O)c3ccc([N+](=O)[O-])cc3)Cc3cc(Br)sc3-c3sc(Br)cc3C2)cc1. The van der Waals surface area contributed by atoms with Crippen LogP contribution in [0.5, 0.6) is 0 Å². The van der Waals surface area contributed by atoms with E-state index in [2.05, 4.69) is 31.9 Å². The number of nitro benzene ring substituents is 2. The van der Waals surface area contributed by atoms with E-state index in [0.717, 1.165) is 74.5 Å². The highest BCUT2D eigenvalue weighted by Crippen LogP contribution is 2.45. The summed E-state index contributed by atoms with van der Waals surface area (Å²) in [6.45, 7) is -0.646. The van der Waals surface area contributed by atoms with Crippen LogP contribution in [0.3, 0.4) is 0 Å². The molecule has 0 saturated carbocycles. The molecule has 5 rings (SSSR count). The van der Waals surface area contributed by atoms with Crippen LogP contribution in [0.1, 0.15) is 11.1 Å². The molecule has 0 aliphatic carbocycles. The lowest BCUT2D eigenvalue weighted by Crippen LogP contribution is -2.41. The second-order valence-corrected chi connectivity index (χ2v) is 17.7. The Balaban J connectivity index is 1.62. The molecular weight excluding hydrogens is 760 g/mol. The van der Waals surface area contributed by atoms with E-state index in [-0.39, 0.29) is 47.3 Å². The second kappa shape index (κ2) is 11.8. The first-order chi connectivity index (χ1) is 19.8. The van der Waals surface area contributed by atoms with Crippen molar-refractivity contribution in [3.05, 3.63) is 99.6 Å². The van der Waals surface area contributed by atoms with E-state index in [4.69, 9.17) is 0 Å². The van der Waals surface area contributed by atoms with Crippen molar-refractivity contribution < 1.29 is 26.7 Å². The normalized spacial score (nSPS) is 15.1. The number of rotatable bonds is 6. The summed E-state index contributed by atoms with van der Waals surface area (Å²) in [7, 11) is -8.46. The molecule has 42 heavy (non-hydrogen) atoms. The van der Waals surface area contributed by atoms with Crippen molar-refractivity contribution in [3.8, 4) is 9.75 Å². The summed E-state index contributed by atoms with van der Waals surface area (Å²) in [6, 6.07) is 12.6. The van der Waals surface area contributed by atoms with Crippen molar-refractivity contribution in [1.29, 1.82) is 0 Å². The number of nitrogens with zero attached hydrogens (tertiary/aromatic N) is 4. The number of halogens is 2. The molecule has 0 N–H and O–H groups in total. The van der Waals surface area contributed by atoms with Gasteiger partial charge in [0.15, 0.2) is 0 Å². The molecule has 4 aromatic rings. The molecule has 0 spiro atoms. The lowest BCUT2D eigenvalue weighted by Gasteiger charge is -2.28. The van der Waals surface area contributed by atoms with Crippen LogP contribution in [0, 0.1) is 20.2 Å². The van der Waals surface area contributed by atoms with Crippen LogP contribution in [0.25, 0.3) is 9.75 Å². The number of benzene rings is 2. The van der Waals surface area contributed by atoms with Gasteiger partial charge in [-0.05, 0) is 79.4 Å². The molecule has 2 aromatic heterocycles. The Morgan fingerprint density at radius 3 is 1.29 bits per heavy atom. The summed E-state index contributed by atoms with van der Waals surface area (Å²) in [6.07, 6.45) is 0. The Labute approximate surface area is 264 Å². The molecule has 1 aliphatic rings. The van der Waals surface area contributed by atoms with Gasteiger partial charge < -0.3 is 0 Å². The quantitative estimate of drug-likeness (QED) is 0.165. The van der Waals surface area contributed by atoms with Crippen molar-refractivity contribution in [2.45, 2.75) is 22.9 Å². The van der Waals surface area contributed by atoms with Gasteiger partial charge in [0.25, 0.3) is 11.4 Å². The Morgan fingerprint density at radius 2 is 0.976 bits per heavy atom. The Morgan fingerprint density at radius 1 is 0.643 bits per heavy atom. The first-order valence-corrected chi connectivity index (χ1v) is 17.9. The van der Waals surface area contributed by atoms with Gasteiger partial charge in [-0.15, -0.1) is 22.7 Å². The van der Waals surface area contributed by atoms with Crippen LogP contribution < -0.4 is 0 Å². The predicted octanol–water partition coefficient (Wildman–Crippen LogP) is 6.21. The van der Waals surface area contributed by atoms with E-state index in [0.29, 0.717) is 11.1 Å². The average Bonchev–Trinajstić information content (AvgIpc) is 3.50. The van der Waals surface area contributed by atoms with Gasteiger partial charge >= 0.3 is 0 Å². The zero-order chi connectivity index (χ0) is 30.4. The fourth-order valence-electron chi connectivity index (χ4n) is 4.36. The molecule has 0 saturated heterocycles. The fraction of sp³-hybridized carbons (Fsp3) is 0.167. The van der Waals surface area contributed by atoms with Crippen LogP contribution >= 0.6 is 54.5 Å². The third-order valence-electron chi connectivity index (χ3n) is 6.43. The maximum absolute atomic E-state index is 13.8. The number of non-ortho nitro benzene ring substituents is 2. The lowest BCUT2D eigenvalue weighted by atomic mass is 10.1. The predicted molar refractivity (Wildman–Crippen MR) is 164 cm³/mol. The zero-order valence-electron chi connectivity index (χ0n) is 21.0. The van der Waals surface area contributed by atoms with E-state index >= 15 is 0 Å². The molecule has 0 radical (unpaired) electrons. The molecule has 1 aliphatic heterocycles. The van der Waals surface area contributed by atoms with Gasteiger partial charge in [0.2, 0.25) is 20.0 Å². The van der Waals surface area contributed by atoms with Crippen molar-refractivity contribution in [1.82, 2.24) is 8.61 Å². The first-order valence-electron chi connectivity index (χ1n) is 11.8. The number of fused-ring (bicyclic) bond motifs is 3. The van der Waals surface area contributed by atoms with E-state index in [1.54, 1.807) is 0 Å². The summed E-state index contributed by atoms with van der Waals surface area (Å²) in [5, 5.41) is 22.2. The second-order valence-electron chi connectivity index (χ2n) is 8.99. The minimum absolute atomic E-state index is 0.0862. The third kappa shape index (κ3) is 6.07. The number of hydrogen-bond donors (Lipinski definition) is 0. The molecule has 0 atom stereocenters. The number of nitro groups is 2. The molecule has 0 unspecified atom stereocenters. The Bertz CT molecular complexity index is 1770. The lowest BCUT2D eigenvalue weighted by molar-refractivity contribution is -0.385. The molecule has 3 heterocycles. The van der Waals surface area contributed by atoms with Crippen molar-refractivity contribution in [3.63, 3.8) is 0 Å². The van der Waals surface area contributed by atoms with Gasteiger partial charge in [0.1, 0.15) is 0 Å². The Kier molecular flexibility index (Phi) is 8.70. The van der Waals surface area contributed by atoms with Crippen LogP contribution in [0.4, 0.5) is 11.4 Å². The van der Waals surface area contributed by atoms with Crippen LogP contribution in [-0.2, 0) is 33.1 Å². The number of sulfonamides is 2. The fourth-order valence-corrected chi connectivity index (χ4v) is 10.7. The first kappa shape index (κ1) is 30.9. The van der Waals surface area contributed by atoms with Crippen LogP contribution in [0.2, 0.25) is 0 Å². The number of thiophene rings is 2. The van der Waals surface area contributed by atoms with E-state index < -0.39 is 29.9 Å². The molecule has 12 nitrogen and oxygen atoms in total. The Hall–Kier alpha value is -2.58. The summed E-state index contributed by atoms with van der Waals surface area (Å²) in [5.74, 6) is 0. The minimum atomic E-state index is -4.23. The van der Waals surface area contributed by atoms with Crippen molar-refractivity contribution >= 4 is 86.0 Å². The van der Waals surface area contributed by atoms with E-state index in [1.807, 2.05) is 12.1 Å². The maximum Gasteiger partial charge on any atom is 0.269 e. The molecule has 220 valence electrons. The summed E-state index contributed by atoms with van der Waals surface area (Å²) >= 11 is 9.76. The van der Waals surface area contributed by atoms with Gasteiger partial charge in [0, 0.05) is 50.4 Å². The highest BCUT2D eigenvalue weighted by atomic mass is 79.9. The summed E-state index contributed by atoms with van der Waals surface area (Å²) < 4.78 is 59.2. The topological polar surface area (TPSA) is 161 Å². The molecule has 0 bridgehead atoms. The molecule has 18 heteroatoms. The largest absolute Gasteiger partial charge is 0.269 e. The highest BCUT2D eigenvalue weighted by Gasteiger charge is 2.33. The van der Waals surface area contributed by atoms with Crippen LogP contribution in [0.15, 0.2) is 78.0 Å². The smallest absolute Gasteiger partial charge is 0.258 e. The van der Waals surface area contributed by atoms with Crippen LogP contribution in [-0.4, -0.2) is 48.4 Å². The highest BCUT2D eigenvalue weighted by molar-refractivity contribution is 9.11. The minimum Gasteiger partial charge on any atom is -0.258 e. The van der Waals surface area contributed by atoms with Crippen molar-refractivity contribution in [2.24, 2.45) is 0 Å². The maximum atomic E-state index is 13.8. The van der Waals surface area contributed by atoms with Gasteiger partial charge in [-0.2, -0.15) is 8.61 Å². The third-order valence-corrected chi connectivity index (χ3v) is 13.7. The molecular formula is C24H18Br2N4O8S4. The summed E-state index contributed by atoms with van der Waals surface area (Å²) in [5.41, 5.74) is 0.879. The summed E-state index contributed by atoms with van der Waals surface area (Å²) in [4.78, 5) is 22.1. The van der Waals surface area contributed by atoms with Gasteiger partial charge in [-0.1, -0.05) is 0 Å². The standard InChI is InChI=1S/C24H18Br2N4O8S4/c25-21-11-15-13-27(41(35,36)19-5-1-17(2-6-19)29(31)32)9-10-28(14-16-12-22(26)40-24(16)23(15)39-21)42(37,38)20-7-3-18(4-8-20)30(33)34/h1-8,11-12H,9-10,13-14H2. The van der Waals surface area contributed by atoms with E-state index in [9.17, 15) is 37.1 Å². The van der Waals surface area contributed by atoms with Gasteiger partial charge in [0.05, 0.1) is 37.0 Å². The monoisotopic (exact) mass is 776 g/mol. The van der Waals surface area contributed by atoms with Gasteiger partial charge in [-0.3, -0.25) is 20.2 Å². The number of hydrogen-bond acceptors (Lipinski definition) is 10. The van der Waals surface area contributed by atoms with Gasteiger partial charge in [-0.25, -0.2) is 16.8 Å². The molecule has 0 fully saturated rings. The van der Waals surface area contributed by atoms with E-state index in [1.165, 1.54) is 22.7 Å². The molecule has 2 aromatic carbocycles. The zero-order valence-corrected chi connectivity index (χ0v) is 27.5. The average molecular weight is 779 g/mol. The van der Waals surface area contributed by atoms with Crippen molar-refractivity contribution in [2.75, 3.05) is 13.1 Å².